The molecule has 1 fully saturated rings. The number of nitrogens with one attached hydrogen (secondary N) is 1. The van der Waals surface area contributed by atoms with E-state index in [4.69, 9.17) is 23.2 Å². The van der Waals surface area contributed by atoms with Gasteiger partial charge < -0.3 is 5.32 Å². The molecule has 1 aliphatic heterocycles. The zero-order valence-corrected chi connectivity index (χ0v) is 15.0. The summed E-state index contributed by atoms with van der Waals surface area (Å²) in [5.41, 5.74) is 0.846. The summed E-state index contributed by atoms with van der Waals surface area (Å²) in [6.07, 6.45) is 3.58. The van der Waals surface area contributed by atoms with Crippen molar-refractivity contribution in [3.8, 4) is 0 Å². The molecule has 1 saturated heterocycles. The predicted molar refractivity (Wildman–Crippen MR) is 96.5 cm³/mol. The van der Waals surface area contributed by atoms with Crippen LogP contribution in [0.4, 0.5) is 4.39 Å². The maximum absolute atomic E-state index is 14.4. The molecule has 0 bridgehead atoms. The summed E-state index contributed by atoms with van der Waals surface area (Å²) in [7, 11) is 0. The van der Waals surface area contributed by atoms with Crippen molar-refractivity contribution in [1.29, 1.82) is 0 Å². The van der Waals surface area contributed by atoms with E-state index in [-0.39, 0.29) is 29.5 Å². The summed E-state index contributed by atoms with van der Waals surface area (Å²) in [4.78, 5) is 18.4. The molecular weight excluding hydrogens is 364 g/mol. The van der Waals surface area contributed by atoms with Gasteiger partial charge in [-0.2, -0.15) is 0 Å². The van der Waals surface area contributed by atoms with Gasteiger partial charge >= 0.3 is 0 Å². The smallest absolute Gasteiger partial charge is 0.251 e. The molecule has 1 atom stereocenters. The molecule has 2 heterocycles. The van der Waals surface area contributed by atoms with Crippen LogP contribution in [0.2, 0.25) is 10.2 Å². The highest BCUT2D eigenvalue weighted by molar-refractivity contribution is 6.31. The molecule has 0 saturated carbocycles. The Morgan fingerprint density at radius 3 is 2.72 bits per heavy atom. The largest absolute Gasteiger partial charge is 0.350 e. The zero-order chi connectivity index (χ0) is 17.8. The molecule has 132 valence electrons. The zero-order valence-electron chi connectivity index (χ0n) is 13.5. The SMILES string of the molecule is O=C(NCC(c1c(F)cccc1Cl)N1CCCC1)c1ccnc(Cl)c1. The van der Waals surface area contributed by atoms with E-state index in [9.17, 15) is 9.18 Å². The minimum absolute atomic E-state index is 0.251. The van der Waals surface area contributed by atoms with Crippen molar-refractivity contribution in [3.63, 3.8) is 0 Å². The fourth-order valence-corrected chi connectivity index (χ4v) is 3.59. The van der Waals surface area contributed by atoms with Gasteiger partial charge in [0, 0.05) is 28.9 Å². The van der Waals surface area contributed by atoms with Gasteiger partial charge in [-0.05, 0) is 50.2 Å². The Hall–Kier alpha value is -1.69. The lowest BCUT2D eigenvalue weighted by atomic mass is 10.0. The van der Waals surface area contributed by atoms with Crippen LogP contribution in [-0.4, -0.2) is 35.4 Å². The van der Waals surface area contributed by atoms with E-state index >= 15 is 0 Å². The topological polar surface area (TPSA) is 45.2 Å². The molecule has 1 aliphatic rings. The first-order chi connectivity index (χ1) is 12.1. The standard InChI is InChI=1S/C18H18Cl2FN3O/c19-13-4-3-5-14(21)17(13)15(24-8-1-2-9-24)11-23-18(25)12-6-7-22-16(20)10-12/h3-7,10,15H,1-2,8-9,11H2,(H,23,25). The number of carbonyl (C=O) groups excluding carboxylic acids is 1. The molecule has 4 nitrogen and oxygen atoms in total. The molecule has 2 aromatic rings. The summed E-state index contributed by atoms with van der Waals surface area (Å²) in [6, 6.07) is 7.43. The number of likely N-dealkylation sites (tertiary alicyclic amines) is 1. The van der Waals surface area contributed by atoms with Gasteiger partial charge in [0.25, 0.3) is 5.91 Å². The van der Waals surface area contributed by atoms with Crippen molar-refractivity contribution in [3.05, 3.63) is 63.6 Å². The lowest BCUT2D eigenvalue weighted by molar-refractivity contribution is 0.0937. The molecule has 25 heavy (non-hydrogen) atoms. The summed E-state index contributed by atoms with van der Waals surface area (Å²) >= 11 is 12.1. The number of rotatable bonds is 5. The monoisotopic (exact) mass is 381 g/mol. The molecular formula is C18H18Cl2FN3O. The van der Waals surface area contributed by atoms with E-state index in [1.54, 1.807) is 18.2 Å². The Morgan fingerprint density at radius 2 is 2.04 bits per heavy atom. The number of hydrogen-bond donors (Lipinski definition) is 1. The Labute approximate surface area is 156 Å². The van der Waals surface area contributed by atoms with Crippen LogP contribution in [0, 0.1) is 5.82 Å². The van der Waals surface area contributed by atoms with Crippen LogP contribution in [0.3, 0.4) is 0 Å². The van der Waals surface area contributed by atoms with Gasteiger partial charge in [-0.1, -0.05) is 29.3 Å². The van der Waals surface area contributed by atoms with Gasteiger partial charge in [0.15, 0.2) is 0 Å². The van der Waals surface area contributed by atoms with Crippen LogP contribution in [0.15, 0.2) is 36.5 Å². The van der Waals surface area contributed by atoms with Crippen LogP contribution in [0.5, 0.6) is 0 Å². The van der Waals surface area contributed by atoms with Crippen molar-refractivity contribution in [2.24, 2.45) is 0 Å². The second kappa shape index (κ2) is 8.13. The lowest BCUT2D eigenvalue weighted by Crippen LogP contribution is -2.37. The van der Waals surface area contributed by atoms with Crippen LogP contribution in [-0.2, 0) is 0 Å². The van der Waals surface area contributed by atoms with Crippen LogP contribution >= 0.6 is 23.2 Å². The second-order valence-electron chi connectivity index (χ2n) is 5.97. The van der Waals surface area contributed by atoms with Gasteiger partial charge in [0.1, 0.15) is 11.0 Å². The minimum atomic E-state index is -0.356. The lowest BCUT2D eigenvalue weighted by Gasteiger charge is -2.29. The van der Waals surface area contributed by atoms with Crippen molar-refractivity contribution < 1.29 is 9.18 Å². The van der Waals surface area contributed by atoms with E-state index in [0.29, 0.717) is 16.1 Å². The average Bonchev–Trinajstić information content (AvgIpc) is 3.11. The number of nitrogens with zero attached hydrogens (tertiary/aromatic N) is 2. The highest BCUT2D eigenvalue weighted by Crippen LogP contribution is 2.32. The fraction of sp³-hybridized carbons (Fsp3) is 0.333. The molecule has 1 amide bonds. The third kappa shape index (κ3) is 4.29. The van der Waals surface area contributed by atoms with Crippen LogP contribution < -0.4 is 5.32 Å². The minimum Gasteiger partial charge on any atom is -0.350 e. The van der Waals surface area contributed by atoms with E-state index in [2.05, 4.69) is 15.2 Å². The molecule has 0 aliphatic carbocycles. The van der Waals surface area contributed by atoms with Crippen molar-refractivity contribution in [2.75, 3.05) is 19.6 Å². The number of benzene rings is 1. The summed E-state index contributed by atoms with van der Waals surface area (Å²) in [6.45, 7) is 1.97. The van der Waals surface area contributed by atoms with Gasteiger partial charge in [-0.3, -0.25) is 9.69 Å². The van der Waals surface area contributed by atoms with Crippen LogP contribution in [0.1, 0.15) is 34.8 Å². The fourth-order valence-electron chi connectivity index (χ4n) is 3.13. The molecule has 7 heteroatoms. The van der Waals surface area contributed by atoms with Gasteiger partial charge in [0.2, 0.25) is 0 Å². The molecule has 1 aromatic carbocycles. The maximum atomic E-state index is 14.4. The third-order valence-corrected chi connectivity index (χ3v) is 4.90. The molecule has 1 unspecified atom stereocenters. The molecule has 0 spiro atoms. The Morgan fingerprint density at radius 1 is 1.28 bits per heavy atom. The van der Waals surface area contributed by atoms with Crippen molar-refractivity contribution >= 4 is 29.1 Å². The summed E-state index contributed by atoms with van der Waals surface area (Å²) in [5.74, 6) is -0.633. The van der Waals surface area contributed by atoms with Gasteiger partial charge in [-0.15, -0.1) is 0 Å². The number of hydrogen-bond acceptors (Lipinski definition) is 3. The van der Waals surface area contributed by atoms with Crippen LogP contribution in [0.25, 0.3) is 0 Å². The normalized spacial score (nSPS) is 16.0. The molecule has 1 N–H and O–H groups in total. The van der Waals surface area contributed by atoms with Gasteiger partial charge in [0.05, 0.1) is 6.04 Å². The van der Waals surface area contributed by atoms with E-state index in [0.717, 1.165) is 25.9 Å². The molecule has 1 aromatic heterocycles. The van der Waals surface area contributed by atoms with E-state index < -0.39 is 0 Å². The number of halogens is 3. The Balaban J connectivity index is 1.80. The maximum Gasteiger partial charge on any atom is 0.251 e. The van der Waals surface area contributed by atoms with E-state index in [1.165, 1.54) is 18.3 Å². The molecule has 3 rings (SSSR count). The first-order valence-corrected chi connectivity index (χ1v) is 8.89. The first-order valence-electron chi connectivity index (χ1n) is 8.14. The number of aromatic nitrogens is 1. The third-order valence-electron chi connectivity index (χ3n) is 4.36. The highest BCUT2D eigenvalue weighted by atomic mass is 35.5. The number of pyridine rings is 1. The average molecular weight is 382 g/mol. The highest BCUT2D eigenvalue weighted by Gasteiger charge is 2.28. The summed E-state index contributed by atoms with van der Waals surface area (Å²) < 4.78 is 14.4. The number of carbonyl (C=O) groups is 1. The Kier molecular flexibility index (Phi) is 5.89. The molecule has 0 radical (unpaired) electrons. The number of amides is 1. The Bertz CT molecular complexity index is 745. The van der Waals surface area contributed by atoms with Crippen molar-refractivity contribution in [1.82, 2.24) is 15.2 Å². The first kappa shape index (κ1) is 18.1. The predicted octanol–water partition coefficient (Wildman–Crippen LogP) is 4.09. The second-order valence-corrected chi connectivity index (χ2v) is 6.77. The van der Waals surface area contributed by atoms with Crippen molar-refractivity contribution in [2.45, 2.75) is 18.9 Å². The van der Waals surface area contributed by atoms with Gasteiger partial charge in [-0.25, -0.2) is 9.37 Å². The quantitative estimate of drug-likeness (QED) is 0.793. The van der Waals surface area contributed by atoms with E-state index in [1.807, 2.05) is 0 Å². The summed E-state index contributed by atoms with van der Waals surface area (Å²) in [5, 5.41) is 3.49.